The Balaban J connectivity index is 1.92. The highest BCUT2D eigenvalue weighted by Crippen LogP contribution is 2.39. The van der Waals surface area contributed by atoms with Crippen LogP contribution in [-0.2, 0) is 4.79 Å². The molecule has 2 fully saturated rings. The number of Topliss-reactive ketones (excluding diaryl/α,β-unsaturated/α-hetero) is 1. The molecule has 0 N–H and O–H groups in total. The first-order valence-electron chi connectivity index (χ1n) is 4.40. The highest BCUT2D eigenvalue weighted by molar-refractivity contribution is 5.86. The average Bonchev–Trinajstić information content (AvgIpc) is 2.37. The summed E-state index contributed by atoms with van der Waals surface area (Å²) in [6.45, 7) is 0. The van der Waals surface area contributed by atoms with E-state index in [1.165, 1.54) is 32.1 Å². The zero-order valence-electron chi connectivity index (χ0n) is 6.31. The molecule has 0 aromatic heterocycles. The standard InChI is InChI=1S/C9H14O/c10-9-6-5-8(9)7-3-1-2-4-7/h7-8H,1-6H2/t8-/m0/s1. The average molecular weight is 138 g/mol. The first-order chi connectivity index (χ1) is 4.88. The number of carbonyl (C=O) groups is 1. The Kier molecular flexibility index (Phi) is 1.51. The van der Waals surface area contributed by atoms with Crippen LogP contribution in [0.3, 0.4) is 0 Å². The molecule has 0 bridgehead atoms. The molecule has 0 aromatic rings. The fourth-order valence-electron chi connectivity index (χ4n) is 2.29. The van der Waals surface area contributed by atoms with Crippen LogP contribution in [0.5, 0.6) is 0 Å². The van der Waals surface area contributed by atoms with Crippen molar-refractivity contribution in [1.82, 2.24) is 0 Å². The van der Waals surface area contributed by atoms with Gasteiger partial charge < -0.3 is 0 Å². The molecule has 1 nitrogen and oxygen atoms in total. The van der Waals surface area contributed by atoms with Gasteiger partial charge >= 0.3 is 0 Å². The molecule has 0 aromatic carbocycles. The smallest absolute Gasteiger partial charge is 0.136 e. The summed E-state index contributed by atoms with van der Waals surface area (Å²) in [6.07, 6.45) is 7.47. The van der Waals surface area contributed by atoms with Crippen molar-refractivity contribution in [2.45, 2.75) is 38.5 Å². The SMILES string of the molecule is O=C1CC[C@H]1C1CCCC1. The van der Waals surface area contributed by atoms with Gasteiger partial charge in [0.05, 0.1) is 0 Å². The van der Waals surface area contributed by atoms with E-state index >= 15 is 0 Å². The first-order valence-corrected chi connectivity index (χ1v) is 4.40. The Labute approximate surface area is 61.8 Å². The molecule has 1 atom stereocenters. The zero-order valence-corrected chi connectivity index (χ0v) is 6.31. The van der Waals surface area contributed by atoms with Gasteiger partial charge in [-0.25, -0.2) is 0 Å². The molecule has 2 aliphatic rings. The molecule has 0 aliphatic heterocycles. The third kappa shape index (κ3) is 0.882. The van der Waals surface area contributed by atoms with Gasteiger partial charge in [-0.1, -0.05) is 12.8 Å². The minimum atomic E-state index is 0.502. The molecule has 2 rings (SSSR count). The van der Waals surface area contributed by atoms with E-state index in [1.807, 2.05) is 0 Å². The number of carbonyl (C=O) groups excluding carboxylic acids is 1. The van der Waals surface area contributed by atoms with Gasteiger partial charge in [-0.05, 0) is 25.2 Å². The molecule has 0 saturated heterocycles. The van der Waals surface area contributed by atoms with E-state index in [0.717, 1.165) is 12.3 Å². The lowest BCUT2D eigenvalue weighted by molar-refractivity contribution is -0.131. The summed E-state index contributed by atoms with van der Waals surface area (Å²) in [7, 11) is 0. The molecule has 0 spiro atoms. The van der Waals surface area contributed by atoms with Gasteiger partial charge in [-0.15, -0.1) is 0 Å². The summed E-state index contributed by atoms with van der Waals surface area (Å²) in [4.78, 5) is 11.0. The minimum absolute atomic E-state index is 0.502. The molecule has 0 heterocycles. The fourth-order valence-corrected chi connectivity index (χ4v) is 2.29. The Bertz CT molecular complexity index is 145. The van der Waals surface area contributed by atoms with E-state index in [2.05, 4.69) is 0 Å². The van der Waals surface area contributed by atoms with Crippen molar-refractivity contribution in [3.63, 3.8) is 0 Å². The number of ketones is 1. The summed E-state index contributed by atoms with van der Waals surface area (Å²) in [5.74, 6) is 1.84. The van der Waals surface area contributed by atoms with E-state index in [-0.39, 0.29) is 0 Å². The zero-order chi connectivity index (χ0) is 6.97. The molecule has 10 heavy (non-hydrogen) atoms. The summed E-state index contributed by atoms with van der Waals surface area (Å²) in [5, 5.41) is 0. The Morgan fingerprint density at radius 3 is 2.20 bits per heavy atom. The van der Waals surface area contributed by atoms with E-state index in [9.17, 15) is 4.79 Å². The summed E-state index contributed by atoms with van der Waals surface area (Å²) < 4.78 is 0. The minimum Gasteiger partial charge on any atom is -0.299 e. The van der Waals surface area contributed by atoms with Gasteiger partial charge in [0.2, 0.25) is 0 Å². The maximum Gasteiger partial charge on any atom is 0.136 e. The second-order valence-corrected chi connectivity index (χ2v) is 3.66. The van der Waals surface area contributed by atoms with Crippen molar-refractivity contribution in [2.24, 2.45) is 11.8 Å². The van der Waals surface area contributed by atoms with Crippen LogP contribution in [0.15, 0.2) is 0 Å². The first kappa shape index (κ1) is 6.38. The van der Waals surface area contributed by atoms with Crippen LogP contribution in [0.2, 0.25) is 0 Å². The normalized spacial score (nSPS) is 34.4. The number of hydrogen-bond donors (Lipinski definition) is 0. The van der Waals surface area contributed by atoms with Gasteiger partial charge in [0.1, 0.15) is 5.78 Å². The van der Waals surface area contributed by atoms with Gasteiger partial charge in [0.15, 0.2) is 0 Å². The van der Waals surface area contributed by atoms with E-state index in [1.54, 1.807) is 0 Å². The summed E-state index contributed by atoms with van der Waals surface area (Å²) in [6, 6.07) is 0. The van der Waals surface area contributed by atoms with Crippen LogP contribution >= 0.6 is 0 Å². The maximum atomic E-state index is 11.0. The van der Waals surface area contributed by atoms with Crippen LogP contribution in [0.1, 0.15) is 38.5 Å². The summed E-state index contributed by atoms with van der Waals surface area (Å²) >= 11 is 0. The van der Waals surface area contributed by atoms with E-state index < -0.39 is 0 Å². The van der Waals surface area contributed by atoms with Gasteiger partial charge in [-0.2, -0.15) is 0 Å². The lowest BCUT2D eigenvalue weighted by Crippen LogP contribution is -2.31. The Morgan fingerprint density at radius 1 is 1.10 bits per heavy atom. The molecule has 0 radical (unpaired) electrons. The van der Waals surface area contributed by atoms with Crippen LogP contribution in [-0.4, -0.2) is 5.78 Å². The summed E-state index contributed by atoms with van der Waals surface area (Å²) in [5.41, 5.74) is 0. The molecule has 0 amide bonds. The molecular formula is C9H14O. The lowest BCUT2D eigenvalue weighted by Gasteiger charge is -2.29. The van der Waals surface area contributed by atoms with E-state index in [4.69, 9.17) is 0 Å². The van der Waals surface area contributed by atoms with Crippen LogP contribution in [0, 0.1) is 11.8 Å². The molecule has 56 valence electrons. The van der Waals surface area contributed by atoms with Crippen LogP contribution < -0.4 is 0 Å². The van der Waals surface area contributed by atoms with Crippen LogP contribution in [0.4, 0.5) is 0 Å². The van der Waals surface area contributed by atoms with Crippen molar-refractivity contribution < 1.29 is 4.79 Å². The van der Waals surface area contributed by atoms with Crippen molar-refractivity contribution in [3.8, 4) is 0 Å². The molecule has 1 heteroatoms. The van der Waals surface area contributed by atoms with Gasteiger partial charge in [0, 0.05) is 12.3 Å². The molecule has 2 saturated carbocycles. The molecule has 2 aliphatic carbocycles. The highest BCUT2D eigenvalue weighted by atomic mass is 16.1. The van der Waals surface area contributed by atoms with Gasteiger partial charge in [0.25, 0.3) is 0 Å². The van der Waals surface area contributed by atoms with E-state index in [0.29, 0.717) is 11.7 Å². The predicted molar refractivity (Wildman–Crippen MR) is 39.7 cm³/mol. The quantitative estimate of drug-likeness (QED) is 0.542. The fraction of sp³-hybridized carbons (Fsp3) is 0.889. The Hall–Kier alpha value is -0.330. The van der Waals surface area contributed by atoms with Crippen molar-refractivity contribution in [2.75, 3.05) is 0 Å². The Morgan fingerprint density at radius 2 is 1.80 bits per heavy atom. The van der Waals surface area contributed by atoms with Crippen molar-refractivity contribution >= 4 is 5.78 Å². The van der Waals surface area contributed by atoms with Crippen LogP contribution in [0.25, 0.3) is 0 Å². The highest BCUT2D eigenvalue weighted by Gasteiger charge is 2.36. The second-order valence-electron chi connectivity index (χ2n) is 3.66. The largest absolute Gasteiger partial charge is 0.299 e. The maximum absolute atomic E-state index is 11.0. The monoisotopic (exact) mass is 138 g/mol. The number of hydrogen-bond acceptors (Lipinski definition) is 1. The second kappa shape index (κ2) is 2.37. The number of rotatable bonds is 1. The third-order valence-corrected chi connectivity index (χ3v) is 3.08. The lowest BCUT2D eigenvalue weighted by atomic mass is 9.74. The van der Waals surface area contributed by atoms with Crippen molar-refractivity contribution in [1.29, 1.82) is 0 Å². The molecule has 0 unspecified atom stereocenters. The third-order valence-electron chi connectivity index (χ3n) is 3.08. The van der Waals surface area contributed by atoms with Gasteiger partial charge in [-0.3, -0.25) is 4.79 Å². The van der Waals surface area contributed by atoms with Crippen molar-refractivity contribution in [3.05, 3.63) is 0 Å². The predicted octanol–water partition coefficient (Wildman–Crippen LogP) is 2.16. The molecular weight excluding hydrogens is 124 g/mol. The topological polar surface area (TPSA) is 17.1 Å².